The highest BCUT2D eigenvalue weighted by Gasteiger charge is 2.28. The van der Waals surface area contributed by atoms with Crippen LogP contribution in [0.25, 0.3) is 0 Å². The third kappa shape index (κ3) is 4.38. The molecular formula is C18H23ClN2O2. The highest BCUT2D eigenvalue weighted by Crippen LogP contribution is 2.29. The summed E-state index contributed by atoms with van der Waals surface area (Å²) in [6.07, 6.45) is 8.51. The molecule has 0 atom stereocenters. The third-order valence-corrected chi connectivity index (χ3v) is 4.99. The van der Waals surface area contributed by atoms with Crippen molar-refractivity contribution in [1.29, 1.82) is 0 Å². The van der Waals surface area contributed by atoms with E-state index < -0.39 is 5.60 Å². The molecule has 5 heteroatoms. The van der Waals surface area contributed by atoms with Gasteiger partial charge in [-0.25, -0.2) is 4.98 Å². The Hall–Kier alpha value is -1.28. The Morgan fingerprint density at radius 1 is 1.22 bits per heavy atom. The molecule has 0 bridgehead atoms. The molecule has 3 N–H and O–H groups in total. The van der Waals surface area contributed by atoms with Gasteiger partial charge in [-0.3, -0.25) is 0 Å². The van der Waals surface area contributed by atoms with Gasteiger partial charge in [0.1, 0.15) is 10.8 Å². The van der Waals surface area contributed by atoms with Crippen molar-refractivity contribution in [1.82, 2.24) is 4.98 Å². The molecule has 1 aromatic heterocycles. The van der Waals surface area contributed by atoms with Crippen molar-refractivity contribution >= 4 is 17.3 Å². The largest absolute Gasteiger partial charge is 0.393 e. The van der Waals surface area contributed by atoms with E-state index in [9.17, 15) is 10.2 Å². The van der Waals surface area contributed by atoms with Crippen LogP contribution in [0.2, 0.25) is 5.15 Å². The lowest BCUT2D eigenvalue weighted by Gasteiger charge is -2.27. The summed E-state index contributed by atoms with van der Waals surface area (Å²) in [6, 6.07) is 2.10. The van der Waals surface area contributed by atoms with Gasteiger partial charge in [0.25, 0.3) is 0 Å². The smallest absolute Gasteiger partial charge is 0.131 e. The number of halogens is 1. The molecule has 0 aromatic carbocycles. The highest BCUT2D eigenvalue weighted by molar-refractivity contribution is 6.29. The lowest BCUT2D eigenvalue weighted by atomic mass is 9.93. The molecule has 2 aliphatic carbocycles. The van der Waals surface area contributed by atoms with Gasteiger partial charge in [-0.2, -0.15) is 0 Å². The summed E-state index contributed by atoms with van der Waals surface area (Å²) in [5.41, 5.74) is 0.771. The van der Waals surface area contributed by atoms with Crippen LogP contribution in [-0.2, 0) is 0 Å². The number of anilines is 1. The molecule has 23 heavy (non-hydrogen) atoms. The van der Waals surface area contributed by atoms with E-state index >= 15 is 0 Å². The van der Waals surface area contributed by atoms with Crippen molar-refractivity contribution in [3.8, 4) is 11.8 Å². The van der Waals surface area contributed by atoms with Gasteiger partial charge in [0.05, 0.1) is 17.4 Å². The summed E-state index contributed by atoms with van der Waals surface area (Å²) in [7, 11) is 0. The van der Waals surface area contributed by atoms with Crippen LogP contribution in [0.4, 0.5) is 5.69 Å². The van der Waals surface area contributed by atoms with Crippen LogP contribution in [0.15, 0.2) is 12.3 Å². The fraction of sp³-hybridized carbons (Fsp3) is 0.611. The van der Waals surface area contributed by atoms with Gasteiger partial charge in [0.2, 0.25) is 0 Å². The standard InChI is InChI=1S/C18H23ClN2O2/c19-17-11-16(21-14-3-5-15(22)6-4-14)13(12-20-17)7-10-18(23)8-1-2-9-18/h11-12,14-15,22-23H,1-6,8-9H2,(H,20,21). The summed E-state index contributed by atoms with van der Waals surface area (Å²) >= 11 is 6.02. The molecule has 0 spiro atoms. The minimum Gasteiger partial charge on any atom is -0.393 e. The van der Waals surface area contributed by atoms with E-state index in [1.165, 1.54) is 0 Å². The molecule has 124 valence electrons. The van der Waals surface area contributed by atoms with Gasteiger partial charge in [-0.05, 0) is 57.4 Å². The molecular weight excluding hydrogens is 312 g/mol. The maximum atomic E-state index is 10.4. The molecule has 0 unspecified atom stereocenters. The molecule has 2 saturated carbocycles. The zero-order valence-electron chi connectivity index (χ0n) is 13.2. The predicted octanol–water partition coefficient (Wildman–Crippen LogP) is 3.11. The Morgan fingerprint density at radius 2 is 1.91 bits per heavy atom. The maximum Gasteiger partial charge on any atom is 0.131 e. The van der Waals surface area contributed by atoms with E-state index in [2.05, 4.69) is 22.1 Å². The Morgan fingerprint density at radius 3 is 2.61 bits per heavy atom. The van der Waals surface area contributed by atoms with Crippen molar-refractivity contribution in [2.75, 3.05) is 5.32 Å². The molecule has 0 aliphatic heterocycles. The molecule has 0 amide bonds. The van der Waals surface area contributed by atoms with Gasteiger partial charge in [0.15, 0.2) is 0 Å². The number of nitrogens with zero attached hydrogens (tertiary/aromatic N) is 1. The van der Waals surface area contributed by atoms with Crippen LogP contribution in [0.3, 0.4) is 0 Å². The molecule has 2 fully saturated rings. The topological polar surface area (TPSA) is 65.4 Å². The second-order valence-corrected chi connectivity index (χ2v) is 7.08. The first-order chi connectivity index (χ1) is 11.0. The average molecular weight is 335 g/mol. The van der Waals surface area contributed by atoms with Gasteiger partial charge in [-0.1, -0.05) is 23.4 Å². The molecule has 4 nitrogen and oxygen atoms in total. The number of aliphatic hydroxyl groups is 2. The summed E-state index contributed by atoms with van der Waals surface area (Å²) < 4.78 is 0. The fourth-order valence-electron chi connectivity index (χ4n) is 3.36. The third-order valence-electron chi connectivity index (χ3n) is 4.79. The Balaban J connectivity index is 1.77. The van der Waals surface area contributed by atoms with Crippen LogP contribution < -0.4 is 5.32 Å². The average Bonchev–Trinajstić information content (AvgIpc) is 2.96. The normalized spacial score (nSPS) is 26.4. The van der Waals surface area contributed by atoms with Crippen LogP contribution in [0.1, 0.15) is 56.9 Å². The second-order valence-electron chi connectivity index (χ2n) is 6.69. The molecule has 1 heterocycles. The monoisotopic (exact) mass is 334 g/mol. The molecule has 0 saturated heterocycles. The zero-order valence-corrected chi connectivity index (χ0v) is 13.9. The quantitative estimate of drug-likeness (QED) is 0.574. The predicted molar refractivity (Wildman–Crippen MR) is 91.4 cm³/mol. The van der Waals surface area contributed by atoms with Crippen molar-refractivity contribution in [2.24, 2.45) is 0 Å². The van der Waals surface area contributed by atoms with Crippen LogP contribution in [-0.4, -0.2) is 32.9 Å². The van der Waals surface area contributed by atoms with E-state index in [0.29, 0.717) is 11.2 Å². The maximum absolute atomic E-state index is 10.4. The molecule has 1 aromatic rings. The molecule has 0 radical (unpaired) electrons. The van der Waals surface area contributed by atoms with E-state index in [1.54, 1.807) is 12.3 Å². The van der Waals surface area contributed by atoms with Crippen molar-refractivity contribution < 1.29 is 10.2 Å². The van der Waals surface area contributed by atoms with E-state index in [4.69, 9.17) is 11.6 Å². The summed E-state index contributed by atoms with van der Waals surface area (Å²) in [5.74, 6) is 6.11. The number of hydrogen-bond donors (Lipinski definition) is 3. The minimum atomic E-state index is -0.855. The van der Waals surface area contributed by atoms with Gasteiger partial charge >= 0.3 is 0 Å². The Bertz CT molecular complexity index is 609. The van der Waals surface area contributed by atoms with Crippen molar-refractivity contribution in [2.45, 2.75) is 69.1 Å². The lowest BCUT2D eigenvalue weighted by molar-refractivity contribution is 0.110. The van der Waals surface area contributed by atoms with Crippen molar-refractivity contribution in [3.63, 3.8) is 0 Å². The van der Waals surface area contributed by atoms with Crippen LogP contribution in [0, 0.1) is 11.8 Å². The summed E-state index contributed by atoms with van der Waals surface area (Å²) in [6.45, 7) is 0. The Kier molecular flexibility index (Phi) is 5.11. The fourth-order valence-corrected chi connectivity index (χ4v) is 3.52. The SMILES string of the molecule is OC1CCC(Nc2cc(Cl)ncc2C#CC2(O)CCCC2)CC1. The number of nitrogens with one attached hydrogen (secondary N) is 1. The number of pyridine rings is 1. The first-order valence-electron chi connectivity index (χ1n) is 8.40. The van der Waals surface area contributed by atoms with Gasteiger partial charge in [0, 0.05) is 12.2 Å². The summed E-state index contributed by atoms with van der Waals surface area (Å²) in [4.78, 5) is 4.11. The molecule has 3 rings (SSSR count). The van der Waals surface area contributed by atoms with Gasteiger partial charge in [-0.15, -0.1) is 0 Å². The number of aromatic nitrogens is 1. The van der Waals surface area contributed by atoms with E-state index in [1.807, 2.05) is 0 Å². The number of aliphatic hydroxyl groups excluding tert-OH is 1. The minimum absolute atomic E-state index is 0.176. The lowest BCUT2D eigenvalue weighted by Crippen LogP contribution is -2.28. The van der Waals surface area contributed by atoms with Crippen LogP contribution >= 0.6 is 11.6 Å². The first-order valence-corrected chi connectivity index (χ1v) is 8.78. The first kappa shape index (κ1) is 16.6. The van der Waals surface area contributed by atoms with Crippen molar-refractivity contribution in [3.05, 3.63) is 23.0 Å². The zero-order chi connectivity index (χ0) is 16.3. The van der Waals surface area contributed by atoms with Gasteiger partial charge < -0.3 is 15.5 Å². The number of rotatable bonds is 2. The van der Waals surface area contributed by atoms with Crippen LogP contribution in [0.5, 0.6) is 0 Å². The van der Waals surface area contributed by atoms with E-state index in [-0.39, 0.29) is 6.10 Å². The molecule has 2 aliphatic rings. The number of hydrogen-bond acceptors (Lipinski definition) is 4. The van der Waals surface area contributed by atoms with E-state index in [0.717, 1.165) is 62.6 Å². The summed E-state index contributed by atoms with van der Waals surface area (Å²) in [5, 5.41) is 23.9. The highest BCUT2D eigenvalue weighted by atomic mass is 35.5. The second kappa shape index (κ2) is 7.09. The Labute approximate surface area is 142 Å².